The molecule has 1 heterocycles. The van der Waals surface area contributed by atoms with Crippen molar-refractivity contribution in [1.82, 2.24) is 0 Å². The third-order valence-electron chi connectivity index (χ3n) is 4.55. The van der Waals surface area contributed by atoms with Gasteiger partial charge < -0.3 is 14.7 Å². The van der Waals surface area contributed by atoms with Crippen molar-refractivity contribution < 1.29 is 14.7 Å². The zero-order valence-corrected chi connectivity index (χ0v) is 14.8. The average molecular weight is 339 g/mol. The maximum atomic E-state index is 10.1. The number of phenolic OH excluding ortho intramolecular Hbond substituents is 1. The number of rotatable bonds is 7. The number of hydrogen-bond donors (Lipinski definition) is 2. The molecule has 2 aromatic carbocycles. The van der Waals surface area contributed by atoms with E-state index < -0.39 is 0 Å². The fourth-order valence-electron chi connectivity index (χ4n) is 3.21. The molecule has 1 unspecified atom stereocenters. The van der Waals surface area contributed by atoms with Gasteiger partial charge in [0.1, 0.15) is 30.6 Å². The van der Waals surface area contributed by atoms with Crippen molar-refractivity contribution in [3.8, 4) is 11.5 Å². The monoisotopic (exact) mass is 339 g/mol. The Hall–Kier alpha value is -2.33. The summed E-state index contributed by atoms with van der Waals surface area (Å²) in [4.78, 5) is 6.26. The fraction of sp³-hybridized carbons (Fsp3) is 0.381. The predicted octanol–water partition coefficient (Wildman–Crippen LogP) is 2.46. The molecule has 2 N–H and O–H groups in total. The standard InChI is InChI=1S/C21H26N2O2/c1-2-12-25-20-9-8-18(21(24)13-20)14-22-19-10-11-23(16-19)15-17-6-4-3-5-7-17/h3-9,13-14,19,24H,2,10-12,15-16H2,1H3/p+1/t19-/m0/s1. The Balaban J connectivity index is 1.54. The minimum absolute atomic E-state index is 0.226. The maximum Gasteiger partial charge on any atom is 0.128 e. The van der Waals surface area contributed by atoms with Crippen LogP contribution in [0.5, 0.6) is 11.5 Å². The normalized spacial score (nSPS) is 20.2. The summed E-state index contributed by atoms with van der Waals surface area (Å²) in [7, 11) is 0. The van der Waals surface area contributed by atoms with Gasteiger partial charge in [0, 0.05) is 29.8 Å². The minimum Gasteiger partial charge on any atom is -0.507 e. The number of likely N-dealkylation sites (tertiary alicyclic amines) is 1. The Morgan fingerprint density at radius 3 is 2.84 bits per heavy atom. The van der Waals surface area contributed by atoms with Crippen LogP contribution in [-0.2, 0) is 6.54 Å². The topological polar surface area (TPSA) is 46.3 Å². The van der Waals surface area contributed by atoms with Crippen LogP contribution < -0.4 is 9.64 Å². The largest absolute Gasteiger partial charge is 0.507 e. The van der Waals surface area contributed by atoms with E-state index in [4.69, 9.17) is 9.73 Å². The van der Waals surface area contributed by atoms with Gasteiger partial charge in [-0.15, -0.1) is 0 Å². The summed E-state index contributed by atoms with van der Waals surface area (Å²) >= 11 is 0. The lowest BCUT2D eigenvalue weighted by molar-refractivity contribution is -0.901. The predicted molar refractivity (Wildman–Crippen MR) is 101 cm³/mol. The number of hydrogen-bond acceptors (Lipinski definition) is 3. The van der Waals surface area contributed by atoms with Crippen molar-refractivity contribution >= 4 is 6.21 Å². The van der Waals surface area contributed by atoms with Crippen LogP contribution >= 0.6 is 0 Å². The quantitative estimate of drug-likeness (QED) is 0.761. The van der Waals surface area contributed by atoms with E-state index in [1.807, 2.05) is 12.1 Å². The average Bonchev–Trinajstić information content (AvgIpc) is 3.07. The van der Waals surface area contributed by atoms with Crippen LogP contribution in [0.2, 0.25) is 0 Å². The van der Waals surface area contributed by atoms with Gasteiger partial charge in [-0.25, -0.2) is 0 Å². The minimum atomic E-state index is 0.226. The summed E-state index contributed by atoms with van der Waals surface area (Å²) in [5, 5.41) is 10.1. The van der Waals surface area contributed by atoms with E-state index >= 15 is 0 Å². The number of aromatic hydroxyl groups is 1. The van der Waals surface area contributed by atoms with Crippen molar-refractivity contribution in [2.45, 2.75) is 32.4 Å². The van der Waals surface area contributed by atoms with Gasteiger partial charge >= 0.3 is 0 Å². The molecule has 1 fully saturated rings. The molecule has 0 aromatic heterocycles. The summed E-state index contributed by atoms with van der Waals surface area (Å²) in [5.74, 6) is 0.930. The zero-order chi connectivity index (χ0) is 17.5. The van der Waals surface area contributed by atoms with E-state index in [0.29, 0.717) is 18.4 Å². The Morgan fingerprint density at radius 1 is 1.24 bits per heavy atom. The first-order chi connectivity index (χ1) is 12.2. The third kappa shape index (κ3) is 5.07. The molecule has 0 amide bonds. The molecule has 2 atom stereocenters. The highest BCUT2D eigenvalue weighted by molar-refractivity contribution is 5.83. The van der Waals surface area contributed by atoms with Crippen molar-refractivity contribution in [3.05, 3.63) is 59.7 Å². The number of quaternary nitrogens is 1. The van der Waals surface area contributed by atoms with Crippen LogP contribution in [-0.4, -0.2) is 37.1 Å². The lowest BCUT2D eigenvalue weighted by Crippen LogP contribution is -3.09. The number of nitrogens with zero attached hydrogens (tertiary/aromatic N) is 1. The molecule has 4 heteroatoms. The number of nitrogens with one attached hydrogen (secondary N) is 1. The zero-order valence-electron chi connectivity index (χ0n) is 14.8. The molecule has 2 aromatic rings. The summed E-state index contributed by atoms with van der Waals surface area (Å²) in [6.45, 7) is 5.97. The molecule has 0 bridgehead atoms. The van der Waals surface area contributed by atoms with Crippen molar-refractivity contribution in [3.63, 3.8) is 0 Å². The molecule has 4 nitrogen and oxygen atoms in total. The number of phenols is 1. The second kappa shape index (κ2) is 8.67. The van der Waals surface area contributed by atoms with Crippen LogP contribution in [0.15, 0.2) is 53.5 Å². The second-order valence-corrected chi connectivity index (χ2v) is 6.66. The number of benzene rings is 2. The van der Waals surface area contributed by atoms with Crippen LogP contribution in [0.4, 0.5) is 0 Å². The first-order valence-electron chi connectivity index (χ1n) is 9.11. The van der Waals surface area contributed by atoms with Gasteiger partial charge in [-0.3, -0.25) is 4.99 Å². The highest BCUT2D eigenvalue weighted by Crippen LogP contribution is 2.22. The molecule has 25 heavy (non-hydrogen) atoms. The van der Waals surface area contributed by atoms with E-state index in [0.717, 1.165) is 38.0 Å². The van der Waals surface area contributed by atoms with Gasteiger partial charge in [0.15, 0.2) is 0 Å². The Kier molecular flexibility index (Phi) is 6.07. The molecular formula is C21H27N2O2+. The van der Waals surface area contributed by atoms with Gasteiger partial charge in [-0.05, 0) is 18.6 Å². The summed E-state index contributed by atoms with van der Waals surface area (Å²) in [6, 6.07) is 16.4. The summed E-state index contributed by atoms with van der Waals surface area (Å²) in [5.41, 5.74) is 2.13. The van der Waals surface area contributed by atoms with Gasteiger partial charge in [0.05, 0.1) is 13.2 Å². The summed E-state index contributed by atoms with van der Waals surface area (Å²) < 4.78 is 5.53. The second-order valence-electron chi connectivity index (χ2n) is 6.66. The van der Waals surface area contributed by atoms with Gasteiger partial charge in [0.25, 0.3) is 0 Å². The van der Waals surface area contributed by atoms with Gasteiger partial charge in [-0.2, -0.15) is 0 Å². The Labute approximate surface area is 149 Å². The van der Waals surface area contributed by atoms with Gasteiger partial charge in [0.2, 0.25) is 0 Å². The van der Waals surface area contributed by atoms with Crippen LogP contribution in [0.3, 0.4) is 0 Å². The van der Waals surface area contributed by atoms with E-state index in [-0.39, 0.29) is 5.75 Å². The lowest BCUT2D eigenvalue weighted by Gasteiger charge is -2.12. The van der Waals surface area contributed by atoms with E-state index in [1.165, 1.54) is 5.56 Å². The van der Waals surface area contributed by atoms with E-state index in [2.05, 4.69) is 37.3 Å². The molecule has 1 aliphatic rings. The maximum absolute atomic E-state index is 10.1. The van der Waals surface area contributed by atoms with E-state index in [9.17, 15) is 5.11 Å². The highest BCUT2D eigenvalue weighted by atomic mass is 16.5. The van der Waals surface area contributed by atoms with E-state index in [1.54, 1.807) is 17.2 Å². The molecule has 1 aliphatic heterocycles. The first kappa shape index (κ1) is 17.5. The SMILES string of the molecule is CCCOc1ccc(C=N[C@H]2CC[NH+](Cc3ccccc3)C2)c(O)c1. The van der Waals surface area contributed by atoms with Crippen molar-refractivity contribution in [2.75, 3.05) is 19.7 Å². The number of aliphatic imine (C=N–C) groups is 1. The molecule has 0 aliphatic carbocycles. The molecule has 1 saturated heterocycles. The molecular weight excluding hydrogens is 312 g/mol. The van der Waals surface area contributed by atoms with Crippen LogP contribution in [0.1, 0.15) is 30.9 Å². The Morgan fingerprint density at radius 2 is 2.08 bits per heavy atom. The van der Waals surface area contributed by atoms with Crippen LogP contribution in [0, 0.1) is 0 Å². The van der Waals surface area contributed by atoms with Crippen molar-refractivity contribution in [1.29, 1.82) is 0 Å². The summed E-state index contributed by atoms with van der Waals surface area (Å²) in [6.07, 6.45) is 3.85. The molecule has 0 radical (unpaired) electrons. The Bertz CT molecular complexity index is 700. The van der Waals surface area contributed by atoms with Crippen LogP contribution in [0.25, 0.3) is 0 Å². The smallest absolute Gasteiger partial charge is 0.128 e. The highest BCUT2D eigenvalue weighted by Gasteiger charge is 2.25. The molecule has 3 rings (SSSR count). The fourth-order valence-corrected chi connectivity index (χ4v) is 3.21. The lowest BCUT2D eigenvalue weighted by atomic mass is 10.2. The third-order valence-corrected chi connectivity index (χ3v) is 4.55. The molecule has 0 spiro atoms. The van der Waals surface area contributed by atoms with Gasteiger partial charge in [-0.1, -0.05) is 37.3 Å². The van der Waals surface area contributed by atoms with Crippen molar-refractivity contribution in [2.24, 2.45) is 4.99 Å². The first-order valence-corrected chi connectivity index (χ1v) is 9.11. The molecule has 132 valence electrons. The number of ether oxygens (including phenoxy) is 1. The molecule has 0 saturated carbocycles.